The van der Waals surface area contributed by atoms with E-state index in [1.807, 2.05) is 55.1 Å². The number of para-hydroxylation sites is 1. The van der Waals surface area contributed by atoms with Crippen LogP contribution in [0.25, 0.3) is 0 Å². The summed E-state index contributed by atoms with van der Waals surface area (Å²) in [6.45, 7) is 4.78. The zero-order valence-corrected chi connectivity index (χ0v) is 15.6. The molecule has 1 atom stereocenters. The number of ether oxygens (including phenoxy) is 1. The lowest BCUT2D eigenvalue weighted by Crippen LogP contribution is -2.41. The van der Waals surface area contributed by atoms with Crippen molar-refractivity contribution in [3.63, 3.8) is 0 Å². The van der Waals surface area contributed by atoms with Gasteiger partial charge in [-0.15, -0.1) is 0 Å². The maximum atomic E-state index is 12.6. The molecule has 1 aliphatic rings. The lowest BCUT2D eigenvalue weighted by atomic mass is 9.88. The fourth-order valence-electron chi connectivity index (χ4n) is 3.85. The normalized spacial score (nSPS) is 17.3. The number of piperidine rings is 1. The van der Waals surface area contributed by atoms with E-state index >= 15 is 0 Å². The molecule has 1 aliphatic heterocycles. The third-order valence-corrected chi connectivity index (χ3v) is 5.15. The summed E-state index contributed by atoms with van der Waals surface area (Å²) < 4.78 is 4.90. The Kier molecular flexibility index (Phi) is 5.40. The first kappa shape index (κ1) is 18.2. The molecule has 2 aromatic rings. The van der Waals surface area contributed by atoms with Crippen LogP contribution >= 0.6 is 0 Å². The molecule has 0 radical (unpaired) electrons. The van der Waals surface area contributed by atoms with Crippen molar-refractivity contribution < 1.29 is 14.3 Å². The van der Waals surface area contributed by atoms with E-state index in [-0.39, 0.29) is 11.9 Å². The van der Waals surface area contributed by atoms with Crippen LogP contribution in [0.15, 0.2) is 42.5 Å². The molecule has 1 amide bonds. The monoisotopic (exact) mass is 351 g/mol. The van der Waals surface area contributed by atoms with Gasteiger partial charge in [0, 0.05) is 18.7 Å². The number of carbonyl (C=O) groups is 2. The summed E-state index contributed by atoms with van der Waals surface area (Å²) in [5.41, 5.74) is 4.87. The predicted molar refractivity (Wildman–Crippen MR) is 102 cm³/mol. The van der Waals surface area contributed by atoms with Gasteiger partial charge in [-0.05, 0) is 55.4 Å². The second-order valence-corrected chi connectivity index (χ2v) is 7.00. The molecule has 4 nitrogen and oxygen atoms in total. The number of anilines is 1. The van der Waals surface area contributed by atoms with Crippen LogP contribution in [0.3, 0.4) is 0 Å². The van der Waals surface area contributed by atoms with Gasteiger partial charge in [-0.1, -0.05) is 36.4 Å². The Balaban J connectivity index is 1.84. The molecule has 3 rings (SSSR count). The van der Waals surface area contributed by atoms with E-state index in [2.05, 4.69) is 0 Å². The van der Waals surface area contributed by atoms with Crippen molar-refractivity contribution in [3.8, 4) is 0 Å². The third kappa shape index (κ3) is 3.64. The zero-order chi connectivity index (χ0) is 18.7. The van der Waals surface area contributed by atoms with Crippen LogP contribution in [-0.4, -0.2) is 25.5 Å². The number of rotatable bonds is 4. The molecular weight excluding hydrogens is 326 g/mol. The molecule has 1 fully saturated rings. The van der Waals surface area contributed by atoms with Crippen molar-refractivity contribution in [2.45, 2.75) is 33.1 Å². The van der Waals surface area contributed by atoms with Crippen LogP contribution in [0.1, 0.15) is 39.9 Å². The number of esters is 1. The van der Waals surface area contributed by atoms with Gasteiger partial charge in [-0.3, -0.25) is 4.79 Å². The van der Waals surface area contributed by atoms with E-state index in [1.54, 1.807) is 6.07 Å². The second kappa shape index (κ2) is 7.73. The first-order valence-electron chi connectivity index (χ1n) is 9.04. The molecule has 1 saturated heterocycles. The van der Waals surface area contributed by atoms with Crippen LogP contribution < -0.4 is 4.90 Å². The molecule has 0 aliphatic carbocycles. The quantitative estimate of drug-likeness (QED) is 0.780. The molecule has 4 heteroatoms. The van der Waals surface area contributed by atoms with E-state index in [9.17, 15) is 9.59 Å². The maximum Gasteiger partial charge on any atom is 0.338 e. The van der Waals surface area contributed by atoms with E-state index < -0.39 is 0 Å². The summed E-state index contributed by atoms with van der Waals surface area (Å²) in [4.78, 5) is 26.5. The van der Waals surface area contributed by atoms with Gasteiger partial charge in [-0.25, -0.2) is 4.79 Å². The number of nitrogens with zero attached hydrogens (tertiary/aromatic N) is 1. The van der Waals surface area contributed by atoms with Crippen molar-refractivity contribution >= 4 is 17.6 Å². The number of hydrogen-bond acceptors (Lipinski definition) is 3. The molecule has 136 valence electrons. The molecule has 26 heavy (non-hydrogen) atoms. The molecule has 0 saturated carbocycles. The molecular formula is C22H25NO3. The van der Waals surface area contributed by atoms with Crippen molar-refractivity contribution in [1.82, 2.24) is 0 Å². The van der Waals surface area contributed by atoms with Crippen LogP contribution in [0, 0.1) is 19.8 Å². The molecule has 0 spiro atoms. The SMILES string of the molecule is COC(=O)c1ccccc1CC1CCC(=O)N(c2c(C)cccc2C)C1. The van der Waals surface area contributed by atoms with E-state index in [0.717, 1.165) is 35.2 Å². The minimum atomic E-state index is -0.306. The summed E-state index contributed by atoms with van der Waals surface area (Å²) in [6, 6.07) is 13.7. The number of aryl methyl sites for hydroxylation is 2. The number of methoxy groups -OCH3 is 1. The van der Waals surface area contributed by atoms with Crippen molar-refractivity contribution in [1.29, 1.82) is 0 Å². The average Bonchev–Trinajstić information content (AvgIpc) is 2.64. The minimum Gasteiger partial charge on any atom is -0.465 e. The standard InChI is InChI=1S/C22H25NO3/c1-15-7-6-8-16(2)21(15)23-14-17(11-12-20(23)24)13-18-9-4-5-10-19(18)22(25)26-3/h4-10,17H,11-14H2,1-3H3. The maximum absolute atomic E-state index is 12.6. The van der Waals surface area contributed by atoms with Crippen LogP contribution in [0.5, 0.6) is 0 Å². The first-order valence-corrected chi connectivity index (χ1v) is 9.04. The Morgan fingerprint density at radius 1 is 1.12 bits per heavy atom. The molecule has 1 heterocycles. The highest BCUT2D eigenvalue weighted by molar-refractivity contribution is 5.95. The molecule has 0 bridgehead atoms. The van der Waals surface area contributed by atoms with Gasteiger partial charge >= 0.3 is 5.97 Å². The van der Waals surface area contributed by atoms with Gasteiger partial charge in [0.1, 0.15) is 0 Å². The first-order chi connectivity index (χ1) is 12.5. The third-order valence-electron chi connectivity index (χ3n) is 5.15. The molecule has 1 unspecified atom stereocenters. The lowest BCUT2D eigenvalue weighted by molar-refractivity contribution is -0.120. The number of amides is 1. The lowest BCUT2D eigenvalue weighted by Gasteiger charge is -2.34. The fraction of sp³-hybridized carbons (Fsp3) is 0.364. The number of benzene rings is 2. The zero-order valence-electron chi connectivity index (χ0n) is 15.6. The van der Waals surface area contributed by atoms with Crippen molar-refractivity contribution in [3.05, 3.63) is 64.7 Å². The smallest absolute Gasteiger partial charge is 0.338 e. The minimum absolute atomic E-state index is 0.180. The van der Waals surface area contributed by atoms with Gasteiger partial charge in [0.15, 0.2) is 0 Å². The van der Waals surface area contributed by atoms with Gasteiger partial charge < -0.3 is 9.64 Å². The molecule has 2 aromatic carbocycles. The highest BCUT2D eigenvalue weighted by Crippen LogP contribution is 2.31. The Bertz CT molecular complexity index is 808. The second-order valence-electron chi connectivity index (χ2n) is 7.00. The Labute approximate surface area is 154 Å². The Morgan fingerprint density at radius 2 is 1.81 bits per heavy atom. The summed E-state index contributed by atoms with van der Waals surface area (Å²) in [6.07, 6.45) is 2.15. The average molecular weight is 351 g/mol. The van der Waals surface area contributed by atoms with Crippen LogP contribution in [-0.2, 0) is 16.0 Å². The molecule has 0 N–H and O–H groups in total. The summed E-state index contributed by atoms with van der Waals surface area (Å²) in [5, 5.41) is 0. The highest BCUT2D eigenvalue weighted by atomic mass is 16.5. The summed E-state index contributed by atoms with van der Waals surface area (Å²) in [7, 11) is 1.40. The van der Waals surface area contributed by atoms with Crippen molar-refractivity contribution in [2.75, 3.05) is 18.6 Å². The number of carbonyl (C=O) groups excluding carboxylic acids is 2. The Morgan fingerprint density at radius 3 is 2.50 bits per heavy atom. The summed E-state index contributed by atoms with van der Waals surface area (Å²) >= 11 is 0. The van der Waals surface area contributed by atoms with E-state index in [1.165, 1.54) is 7.11 Å². The summed E-state index contributed by atoms with van der Waals surface area (Å²) in [5.74, 6) is 0.191. The van der Waals surface area contributed by atoms with E-state index in [4.69, 9.17) is 4.74 Å². The molecule has 0 aromatic heterocycles. The van der Waals surface area contributed by atoms with E-state index in [0.29, 0.717) is 24.4 Å². The highest BCUT2D eigenvalue weighted by Gasteiger charge is 2.29. The van der Waals surface area contributed by atoms with Crippen LogP contribution in [0.4, 0.5) is 5.69 Å². The largest absolute Gasteiger partial charge is 0.465 e. The van der Waals surface area contributed by atoms with Gasteiger partial charge in [-0.2, -0.15) is 0 Å². The van der Waals surface area contributed by atoms with Gasteiger partial charge in [0.25, 0.3) is 0 Å². The van der Waals surface area contributed by atoms with Gasteiger partial charge in [0.05, 0.1) is 12.7 Å². The fourth-order valence-corrected chi connectivity index (χ4v) is 3.85. The topological polar surface area (TPSA) is 46.6 Å². The van der Waals surface area contributed by atoms with Crippen molar-refractivity contribution in [2.24, 2.45) is 5.92 Å². The van der Waals surface area contributed by atoms with Gasteiger partial charge in [0.2, 0.25) is 5.91 Å². The predicted octanol–water partition coefficient (Wildman–Crippen LogP) is 4.08. The number of hydrogen-bond donors (Lipinski definition) is 0. The van der Waals surface area contributed by atoms with Crippen LogP contribution in [0.2, 0.25) is 0 Å². The Hall–Kier alpha value is -2.62.